The van der Waals surface area contributed by atoms with Crippen molar-refractivity contribution in [1.29, 1.82) is 0 Å². The molecule has 12 atom stereocenters. The van der Waals surface area contributed by atoms with Gasteiger partial charge in [0.1, 0.15) is 48.8 Å². The van der Waals surface area contributed by atoms with Gasteiger partial charge in [0.05, 0.1) is 32.0 Å². The number of unbranched alkanes of at least 4 members (excludes halogenated alkanes) is 14. The first-order valence-electron chi connectivity index (χ1n) is 20.6. The number of amides is 1. The Hall–Kier alpha value is -1.53. The van der Waals surface area contributed by atoms with Crippen LogP contribution in [0.5, 0.6) is 0 Å². The first-order chi connectivity index (χ1) is 26.1. The number of hydrogen-bond donors (Lipinski definition) is 9. The Bertz CT molecular complexity index is 1010. The van der Waals surface area contributed by atoms with Gasteiger partial charge in [0.2, 0.25) is 5.91 Å². The van der Waals surface area contributed by atoms with Crippen molar-refractivity contribution in [3.63, 3.8) is 0 Å². The maximum absolute atomic E-state index is 13.0. The number of nitrogens with one attached hydrogen (secondary N) is 1. The van der Waals surface area contributed by atoms with Gasteiger partial charge in [-0.1, -0.05) is 115 Å². The van der Waals surface area contributed by atoms with E-state index < -0.39 is 86.8 Å². The van der Waals surface area contributed by atoms with E-state index in [1.807, 2.05) is 6.08 Å². The Morgan fingerprint density at radius 1 is 0.648 bits per heavy atom. The van der Waals surface area contributed by atoms with E-state index in [-0.39, 0.29) is 18.9 Å². The average Bonchev–Trinajstić information content (AvgIpc) is 3.17. The standard InChI is InChI=1S/C40H73NO13/c1-3-5-7-9-11-13-14-15-16-17-19-21-23-29(44)28(41-32(45)24-22-20-18-12-10-8-6-4-2)27-51-39-37(50)35(48)38(31(26-43)53-39)54-40-36(49)34(47)33(46)30(25-42)52-40/h15-16,21,23,28-31,33-40,42-44,46-50H,3-14,17-20,22,24-27H2,1-2H3,(H,41,45)/b16-15+,23-21+. The number of ether oxygens (including phenoxy) is 4. The van der Waals surface area contributed by atoms with Crippen molar-refractivity contribution >= 4 is 5.91 Å². The molecule has 0 spiro atoms. The lowest BCUT2D eigenvalue weighted by Crippen LogP contribution is -2.65. The molecule has 0 aliphatic carbocycles. The van der Waals surface area contributed by atoms with Gasteiger partial charge in [-0.25, -0.2) is 0 Å². The van der Waals surface area contributed by atoms with Crippen LogP contribution >= 0.6 is 0 Å². The zero-order chi connectivity index (χ0) is 39.7. The van der Waals surface area contributed by atoms with Crippen LogP contribution < -0.4 is 5.32 Å². The van der Waals surface area contributed by atoms with Crippen molar-refractivity contribution in [2.75, 3.05) is 19.8 Å². The van der Waals surface area contributed by atoms with Gasteiger partial charge in [-0.3, -0.25) is 4.79 Å². The minimum Gasteiger partial charge on any atom is -0.394 e. The van der Waals surface area contributed by atoms with Gasteiger partial charge in [0.25, 0.3) is 0 Å². The molecule has 316 valence electrons. The van der Waals surface area contributed by atoms with Crippen molar-refractivity contribution in [2.45, 2.75) is 203 Å². The summed E-state index contributed by atoms with van der Waals surface area (Å²) in [6.07, 6.45) is 9.71. The molecule has 14 nitrogen and oxygen atoms in total. The maximum atomic E-state index is 13.0. The lowest BCUT2D eigenvalue weighted by atomic mass is 9.97. The zero-order valence-electron chi connectivity index (χ0n) is 32.7. The van der Waals surface area contributed by atoms with E-state index in [1.54, 1.807) is 6.08 Å². The predicted octanol–water partition coefficient (Wildman–Crippen LogP) is 2.65. The molecule has 9 N–H and O–H groups in total. The Kier molecular flexibility index (Phi) is 25.9. The Balaban J connectivity index is 1.97. The van der Waals surface area contributed by atoms with E-state index in [0.29, 0.717) is 12.8 Å². The van der Waals surface area contributed by atoms with Crippen LogP contribution in [0.2, 0.25) is 0 Å². The van der Waals surface area contributed by atoms with Crippen LogP contribution in [0.15, 0.2) is 24.3 Å². The Labute approximate surface area is 322 Å². The third-order valence-corrected chi connectivity index (χ3v) is 10.1. The highest BCUT2D eigenvalue weighted by molar-refractivity contribution is 5.76. The molecule has 2 saturated heterocycles. The zero-order valence-corrected chi connectivity index (χ0v) is 32.7. The smallest absolute Gasteiger partial charge is 0.220 e. The van der Waals surface area contributed by atoms with E-state index in [2.05, 4.69) is 31.3 Å². The molecular weight excluding hydrogens is 702 g/mol. The number of carbonyl (C=O) groups is 1. The van der Waals surface area contributed by atoms with Gasteiger partial charge >= 0.3 is 0 Å². The number of carbonyl (C=O) groups excluding carboxylic acids is 1. The second-order valence-corrected chi connectivity index (χ2v) is 14.8. The first-order valence-corrected chi connectivity index (χ1v) is 20.6. The summed E-state index contributed by atoms with van der Waals surface area (Å²) in [5, 5.41) is 86.0. The molecule has 2 aliphatic heterocycles. The van der Waals surface area contributed by atoms with Gasteiger partial charge in [-0.15, -0.1) is 0 Å². The van der Waals surface area contributed by atoms with Crippen LogP contribution in [0.25, 0.3) is 0 Å². The Morgan fingerprint density at radius 3 is 1.81 bits per heavy atom. The number of aliphatic hydroxyl groups is 8. The molecule has 2 fully saturated rings. The molecule has 0 aromatic heterocycles. The van der Waals surface area contributed by atoms with Crippen LogP contribution in [0.3, 0.4) is 0 Å². The molecule has 0 bridgehead atoms. The summed E-state index contributed by atoms with van der Waals surface area (Å²) in [5.41, 5.74) is 0. The third kappa shape index (κ3) is 17.7. The SMILES string of the molecule is CCCCCCCC/C=C/CC/C=C/C(O)C(COC1OC(CO)C(OC2OC(CO)C(O)C(O)C2O)C(O)C1O)NC(=O)CCCCCCCCCC. The van der Waals surface area contributed by atoms with E-state index >= 15 is 0 Å². The summed E-state index contributed by atoms with van der Waals surface area (Å²) in [6, 6.07) is -0.922. The molecule has 2 aliphatic rings. The van der Waals surface area contributed by atoms with Gasteiger partial charge in [-0.2, -0.15) is 0 Å². The lowest BCUT2D eigenvalue weighted by Gasteiger charge is -2.46. The van der Waals surface area contributed by atoms with E-state index in [1.165, 1.54) is 64.2 Å². The summed E-state index contributed by atoms with van der Waals surface area (Å²) < 4.78 is 22.5. The maximum Gasteiger partial charge on any atom is 0.220 e. The quantitative estimate of drug-likeness (QED) is 0.0394. The molecular formula is C40H73NO13. The van der Waals surface area contributed by atoms with Crippen molar-refractivity contribution in [1.82, 2.24) is 5.32 Å². The molecule has 14 heteroatoms. The number of allylic oxidation sites excluding steroid dienone is 3. The van der Waals surface area contributed by atoms with Crippen LogP contribution in [0.4, 0.5) is 0 Å². The highest BCUT2D eigenvalue weighted by Gasteiger charge is 2.50. The van der Waals surface area contributed by atoms with Crippen LogP contribution in [-0.2, 0) is 23.7 Å². The topological polar surface area (TPSA) is 228 Å². The normalized spacial score (nSPS) is 30.3. The molecule has 0 radical (unpaired) electrons. The molecule has 54 heavy (non-hydrogen) atoms. The van der Waals surface area contributed by atoms with Crippen LogP contribution in [0, 0.1) is 0 Å². The summed E-state index contributed by atoms with van der Waals surface area (Å²) in [6.45, 7) is 2.66. The summed E-state index contributed by atoms with van der Waals surface area (Å²) in [4.78, 5) is 13.0. The van der Waals surface area contributed by atoms with E-state index in [9.17, 15) is 45.6 Å². The Morgan fingerprint density at radius 2 is 1.19 bits per heavy atom. The number of hydrogen-bond acceptors (Lipinski definition) is 13. The molecule has 1 amide bonds. The van der Waals surface area contributed by atoms with Crippen molar-refractivity contribution < 1.29 is 64.6 Å². The fraction of sp³-hybridized carbons (Fsp3) is 0.875. The summed E-state index contributed by atoms with van der Waals surface area (Å²) in [7, 11) is 0. The van der Waals surface area contributed by atoms with E-state index in [4.69, 9.17) is 18.9 Å². The van der Waals surface area contributed by atoms with Gasteiger partial charge in [0, 0.05) is 6.42 Å². The minimum absolute atomic E-state index is 0.258. The van der Waals surface area contributed by atoms with Crippen LogP contribution in [0.1, 0.15) is 129 Å². The minimum atomic E-state index is -1.79. The summed E-state index contributed by atoms with van der Waals surface area (Å²) in [5.74, 6) is -0.258. The van der Waals surface area contributed by atoms with Gasteiger partial charge in [0.15, 0.2) is 12.6 Å². The predicted molar refractivity (Wildman–Crippen MR) is 203 cm³/mol. The first kappa shape index (κ1) is 48.6. The van der Waals surface area contributed by atoms with Crippen LogP contribution in [-0.4, -0.2) is 140 Å². The fourth-order valence-corrected chi connectivity index (χ4v) is 6.66. The lowest BCUT2D eigenvalue weighted by molar-refractivity contribution is -0.359. The third-order valence-electron chi connectivity index (χ3n) is 10.1. The molecule has 12 unspecified atom stereocenters. The van der Waals surface area contributed by atoms with E-state index in [0.717, 1.165) is 32.1 Å². The molecule has 0 saturated carbocycles. The van der Waals surface area contributed by atoms with Gasteiger partial charge in [-0.05, 0) is 32.1 Å². The monoisotopic (exact) mass is 776 g/mol. The number of aliphatic hydroxyl groups excluding tert-OH is 8. The van der Waals surface area contributed by atoms with Gasteiger partial charge < -0.3 is 65.1 Å². The second-order valence-electron chi connectivity index (χ2n) is 14.8. The van der Waals surface area contributed by atoms with Crippen molar-refractivity contribution in [3.8, 4) is 0 Å². The molecule has 0 aromatic rings. The fourth-order valence-electron chi connectivity index (χ4n) is 6.66. The summed E-state index contributed by atoms with van der Waals surface area (Å²) >= 11 is 0. The van der Waals surface area contributed by atoms with Crippen molar-refractivity contribution in [2.24, 2.45) is 0 Å². The highest BCUT2D eigenvalue weighted by Crippen LogP contribution is 2.29. The molecule has 0 aromatic carbocycles. The average molecular weight is 776 g/mol. The molecule has 2 heterocycles. The highest BCUT2D eigenvalue weighted by atomic mass is 16.7. The second kappa shape index (κ2) is 28.8. The van der Waals surface area contributed by atoms with Crippen molar-refractivity contribution in [3.05, 3.63) is 24.3 Å². The number of rotatable bonds is 29. The molecule has 2 rings (SSSR count). The largest absolute Gasteiger partial charge is 0.394 e.